The summed E-state index contributed by atoms with van der Waals surface area (Å²) in [4.78, 5) is 6.84. The molecule has 1 aliphatic rings. The van der Waals surface area contributed by atoms with Gasteiger partial charge in [0.2, 0.25) is 0 Å². The van der Waals surface area contributed by atoms with Crippen molar-refractivity contribution in [3.63, 3.8) is 0 Å². The van der Waals surface area contributed by atoms with Gasteiger partial charge >= 0.3 is 0 Å². The number of hydrogen-bond donors (Lipinski definition) is 1. The second kappa shape index (κ2) is 6.80. The zero-order valence-electron chi connectivity index (χ0n) is 12.3. The van der Waals surface area contributed by atoms with Gasteiger partial charge < -0.3 is 4.57 Å². The quantitative estimate of drug-likeness (QED) is 0.661. The summed E-state index contributed by atoms with van der Waals surface area (Å²) in [7, 11) is 4.28. The van der Waals surface area contributed by atoms with Crippen molar-refractivity contribution in [1.29, 1.82) is 0 Å². The summed E-state index contributed by atoms with van der Waals surface area (Å²) in [6.45, 7) is 2.07. The fourth-order valence-electron chi connectivity index (χ4n) is 3.26. The van der Waals surface area contributed by atoms with Gasteiger partial charge in [0.15, 0.2) is 0 Å². The van der Waals surface area contributed by atoms with E-state index in [4.69, 9.17) is 0 Å². The lowest BCUT2D eigenvalue weighted by Crippen LogP contribution is -2.37. The normalized spacial score (nSPS) is 19.6. The van der Waals surface area contributed by atoms with Crippen LogP contribution in [0.2, 0.25) is 0 Å². The van der Waals surface area contributed by atoms with Gasteiger partial charge in [0.25, 0.3) is 0 Å². The molecule has 19 heavy (non-hydrogen) atoms. The molecule has 0 aromatic carbocycles. The number of nitrogens with zero attached hydrogens (tertiary/aromatic N) is 3. The van der Waals surface area contributed by atoms with Crippen molar-refractivity contribution in [3.8, 4) is 0 Å². The maximum absolute atomic E-state index is 4.66. The second-order valence-corrected chi connectivity index (χ2v) is 6.52. The van der Waals surface area contributed by atoms with Crippen molar-refractivity contribution in [3.05, 3.63) is 18.2 Å². The van der Waals surface area contributed by atoms with E-state index in [1.54, 1.807) is 0 Å². The maximum atomic E-state index is 4.66. The van der Waals surface area contributed by atoms with Crippen LogP contribution in [-0.2, 0) is 13.6 Å². The van der Waals surface area contributed by atoms with Crippen molar-refractivity contribution in [1.82, 2.24) is 14.5 Å². The van der Waals surface area contributed by atoms with Crippen molar-refractivity contribution in [2.75, 3.05) is 19.3 Å². The standard InChI is InChI=1S/C15H27N3S/c1-17(11-14-16-9-10-18(14)2)12-15(13-19)7-5-3-4-6-8-15/h9-10,19H,3-8,11-13H2,1-2H3. The summed E-state index contributed by atoms with van der Waals surface area (Å²) in [5, 5.41) is 0. The van der Waals surface area contributed by atoms with Crippen molar-refractivity contribution >= 4 is 12.6 Å². The number of aryl methyl sites for hydroxylation is 1. The number of rotatable bonds is 5. The Balaban J connectivity index is 1.95. The lowest BCUT2D eigenvalue weighted by molar-refractivity contribution is 0.166. The van der Waals surface area contributed by atoms with E-state index in [-0.39, 0.29) is 0 Å². The number of hydrogen-bond acceptors (Lipinski definition) is 3. The zero-order chi connectivity index (χ0) is 13.7. The molecule has 0 spiro atoms. The Bertz CT molecular complexity index is 380. The molecular weight excluding hydrogens is 254 g/mol. The SMILES string of the molecule is CN(Cc1nccn1C)CC1(CS)CCCCCC1. The number of thiol groups is 1. The maximum Gasteiger partial charge on any atom is 0.122 e. The average molecular weight is 281 g/mol. The van der Waals surface area contributed by atoms with Crippen LogP contribution >= 0.6 is 12.6 Å². The predicted molar refractivity (Wildman–Crippen MR) is 83.5 cm³/mol. The van der Waals surface area contributed by atoms with Crippen LogP contribution in [-0.4, -0.2) is 33.8 Å². The van der Waals surface area contributed by atoms with Crippen LogP contribution < -0.4 is 0 Å². The first-order valence-electron chi connectivity index (χ1n) is 7.41. The van der Waals surface area contributed by atoms with Crippen LogP contribution in [0, 0.1) is 5.41 Å². The van der Waals surface area contributed by atoms with Gasteiger partial charge in [-0.15, -0.1) is 0 Å². The Hall–Kier alpha value is -0.480. The Kier molecular flexibility index (Phi) is 5.34. The first kappa shape index (κ1) is 14.9. The third-order valence-electron chi connectivity index (χ3n) is 4.44. The predicted octanol–water partition coefficient (Wildman–Crippen LogP) is 3.12. The first-order chi connectivity index (χ1) is 9.15. The summed E-state index contributed by atoms with van der Waals surface area (Å²) in [5.74, 6) is 2.16. The van der Waals surface area contributed by atoms with E-state index in [1.165, 1.54) is 38.5 Å². The summed E-state index contributed by atoms with van der Waals surface area (Å²) < 4.78 is 2.11. The molecule has 1 fully saturated rings. The molecule has 1 aromatic heterocycles. The lowest BCUT2D eigenvalue weighted by Gasteiger charge is -2.35. The smallest absolute Gasteiger partial charge is 0.122 e. The highest BCUT2D eigenvalue weighted by atomic mass is 32.1. The molecule has 4 heteroatoms. The molecule has 0 unspecified atom stereocenters. The van der Waals surface area contributed by atoms with Gasteiger partial charge in [-0.3, -0.25) is 4.90 Å². The van der Waals surface area contributed by atoms with E-state index < -0.39 is 0 Å². The topological polar surface area (TPSA) is 21.1 Å². The zero-order valence-corrected chi connectivity index (χ0v) is 13.2. The van der Waals surface area contributed by atoms with E-state index >= 15 is 0 Å². The lowest BCUT2D eigenvalue weighted by atomic mass is 9.82. The third kappa shape index (κ3) is 3.99. The Morgan fingerprint density at radius 3 is 2.53 bits per heavy atom. The minimum atomic E-state index is 0.416. The molecule has 3 nitrogen and oxygen atoms in total. The van der Waals surface area contributed by atoms with Crippen LogP contribution in [0.5, 0.6) is 0 Å². The molecule has 108 valence electrons. The van der Waals surface area contributed by atoms with E-state index in [0.717, 1.165) is 24.7 Å². The third-order valence-corrected chi connectivity index (χ3v) is 5.11. The molecule has 0 N–H and O–H groups in total. The molecule has 1 heterocycles. The molecule has 0 radical (unpaired) electrons. The van der Waals surface area contributed by atoms with Crippen molar-refractivity contribution < 1.29 is 0 Å². The van der Waals surface area contributed by atoms with Crippen LogP contribution in [0.3, 0.4) is 0 Å². The van der Waals surface area contributed by atoms with Crippen LogP contribution in [0.1, 0.15) is 44.3 Å². The van der Waals surface area contributed by atoms with Crippen LogP contribution in [0.15, 0.2) is 12.4 Å². The molecule has 1 aliphatic carbocycles. The summed E-state index contributed by atoms with van der Waals surface area (Å²) >= 11 is 4.66. The highest BCUT2D eigenvalue weighted by molar-refractivity contribution is 7.80. The molecule has 0 aliphatic heterocycles. The summed E-state index contributed by atoms with van der Waals surface area (Å²) in [6.07, 6.45) is 12.1. The fraction of sp³-hybridized carbons (Fsp3) is 0.800. The van der Waals surface area contributed by atoms with Gasteiger partial charge in [-0.2, -0.15) is 12.6 Å². The fourth-order valence-corrected chi connectivity index (χ4v) is 3.68. The monoisotopic (exact) mass is 281 g/mol. The number of aromatic nitrogens is 2. The highest BCUT2D eigenvalue weighted by Crippen LogP contribution is 2.36. The molecular formula is C15H27N3S. The van der Waals surface area contributed by atoms with Crippen LogP contribution in [0.25, 0.3) is 0 Å². The highest BCUT2D eigenvalue weighted by Gasteiger charge is 2.30. The van der Waals surface area contributed by atoms with Gasteiger partial charge in [-0.05, 0) is 31.1 Å². The van der Waals surface area contributed by atoms with E-state index in [9.17, 15) is 0 Å². The van der Waals surface area contributed by atoms with Gasteiger partial charge in [0, 0.05) is 26.0 Å². The van der Waals surface area contributed by atoms with Gasteiger partial charge in [0.1, 0.15) is 5.82 Å². The van der Waals surface area contributed by atoms with E-state index in [2.05, 4.69) is 41.2 Å². The summed E-state index contributed by atoms with van der Waals surface area (Å²) in [5.41, 5.74) is 0.416. The Morgan fingerprint density at radius 2 is 2.00 bits per heavy atom. The Labute approximate surface area is 122 Å². The molecule has 1 aromatic rings. The molecule has 0 saturated heterocycles. The summed E-state index contributed by atoms with van der Waals surface area (Å²) in [6, 6.07) is 0. The Morgan fingerprint density at radius 1 is 1.32 bits per heavy atom. The average Bonchev–Trinajstić information content (AvgIpc) is 2.66. The van der Waals surface area contributed by atoms with E-state index in [0.29, 0.717) is 5.41 Å². The van der Waals surface area contributed by atoms with Crippen molar-refractivity contribution in [2.45, 2.75) is 45.1 Å². The number of imidazole rings is 1. The second-order valence-electron chi connectivity index (χ2n) is 6.20. The molecule has 2 rings (SSSR count). The van der Waals surface area contributed by atoms with Gasteiger partial charge in [-0.1, -0.05) is 25.7 Å². The largest absolute Gasteiger partial charge is 0.337 e. The van der Waals surface area contributed by atoms with Crippen molar-refractivity contribution in [2.24, 2.45) is 12.5 Å². The van der Waals surface area contributed by atoms with Crippen LogP contribution in [0.4, 0.5) is 0 Å². The molecule has 0 amide bonds. The van der Waals surface area contributed by atoms with Gasteiger partial charge in [-0.25, -0.2) is 4.98 Å². The molecule has 1 saturated carbocycles. The minimum Gasteiger partial charge on any atom is -0.337 e. The molecule has 0 bridgehead atoms. The minimum absolute atomic E-state index is 0.416. The molecule has 0 atom stereocenters. The first-order valence-corrected chi connectivity index (χ1v) is 8.04. The van der Waals surface area contributed by atoms with Gasteiger partial charge in [0.05, 0.1) is 6.54 Å². The van der Waals surface area contributed by atoms with E-state index in [1.807, 2.05) is 12.4 Å².